The molecule has 3 aliphatic rings. The highest BCUT2D eigenvalue weighted by Gasteiger charge is 2.61. The van der Waals surface area contributed by atoms with E-state index in [4.69, 9.17) is 0 Å². The molecule has 1 aliphatic heterocycles. The van der Waals surface area contributed by atoms with Crippen molar-refractivity contribution >= 4 is 33.6 Å². The molecule has 0 radical (unpaired) electrons. The van der Waals surface area contributed by atoms with Crippen molar-refractivity contribution in [1.29, 1.82) is 0 Å². The smallest absolute Gasteiger partial charge is 0.259 e. The lowest BCUT2D eigenvalue weighted by atomic mass is 9.98. The maximum Gasteiger partial charge on any atom is 0.259 e. The Labute approximate surface area is 170 Å². The van der Waals surface area contributed by atoms with Crippen LogP contribution in [-0.4, -0.2) is 41.3 Å². The van der Waals surface area contributed by atoms with Gasteiger partial charge in [-0.25, -0.2) is 13.8 Å². The number of rotatable bonds is 5. The number of amides is 2. The summed E-state index contributed by atoms with van der Waals surface area (Å²) in [5.41, 5.74) is 0.643. The third-order valence-corrected chi connectivity index (χ3v) is 6.71. The molecule has 0 bridgehead atoms. The maximum atomic E-state index is 13.8. The first-order chi connectivity index (χ1) is 13.2. The number of piperidine rings is 1. The third kappa shape index (κ3) is 3.66. The summed E-state index contributed by atoms with van der Waals surface area (Å²) in [6, 6.07) is 3.41. The molecular formula is C19H23BrF2N4O2. The summed E-state index contributed by atoms with van der Waals surface area (Å²) in [7, 11) is 0. The lowest BCUT2D eigenvalue weighted by molar-refractivity contribution is -0.136. The quantitative estimate of drug-likeness (QED) is 0.594. The van der Waals surface area contributed by atoms with Gasteiger partial charge >= 0.3 is 0 Å². The highest BCUT2D eigenvalue weighted by molar-refractivity contribution is 9.10. The fourth-order valence-corrected chi connectivity index (χ4v) is 4.73. The molecule has 1 aromatic rings. The number of alkyl halides is 2. The van der Waals surface area contributed by atoms with E-state index in [1.165, 1.54) is 0 Å². The Morgan fingerprint density at radius 3 is 2.82 bits per heavy atom. The molecule has 0 aromatic carbocycles. The molecule has 1 saturated heterocycles. The Kier molecular flexibility index (Phi) is 4.94. The molecule has 0 spiro atoms. The van der Waals surface area contributed by atoms with Gasteiger partial charge in [0.1, 0.15) is 16.3 Å². The van der Waals surface area contributed by atoms with E-state index >= 15 is 0 Å². The van der Waals surface area contributed by atoms with Crippen LogP contribution in [0.2, 0.25) is 0 Å². The molecule has 2 unspecified atom stereocenters. The molecule has 4 atom stereocenters. The minimum atomic E-state index is -2.91. The molecule has 3 fully saturated rings. The standard InChI is InChI=1S/C19H23BrF2N4O2/c1-10-4-5-14(20)25-15(10)26-17(28)12-7-18(8-13(18)24-12)9-23-16(27)11-3-2-6-19(11,21)22/h4-5,11-13,24H,2-3,6-9H2,1H3,(H,23,27)(H,25,26,28)/t11?,12-,13?,18-/m0/s1. The van der Waals surface area contributed by atoms with E-state index < -0.39 is 17.7 Å². The van der Waals surface area contributed by atoms with Gasteiger partial charge in [0.2, 0.25) is 11.8 Å². The van der Waals surface area contributed by atoms with Crippen molar-refractivity contribution in [2.45, 2.75) is 57.0 Å². The molecule has 9 heteroatoms. The molecule has 2 amide bonds. The number of hydrogen-bond donors (Lipinski definition) is 3. The van der Waals surface area contributed by atoms with Crippen LogP contribution in [0.25, 0.3) is 0 Å². The summed E-state index contributed by atoms with van der Waals surface area (Å²) in [5.74, 6) is -4.36. The van der Waals surface area contributed by atoms with Crippen LogP contribution in [0.15, 0.2) is 16.7 Å². The molecule has 152 valence electrons. The molecule has 3 N–H and O–H groups in total. The monoisotopic (exact) mass is 456 g/mol. The number of nitrogens with one attached hydrogen (secondary N) is 3. The largest absolute Gasteiger partial charge is 0.355 e. The first-order valence-electron chi connectivity index (χ1n) is 9.56. The number of carbonyl (C=O) groups excluding carboxylic acids is 2. The van der Waals surface area contributed by atoms with Gasteiger partial charge < -0.3 is 16.0 Å². The van der Waals surface area contributed by atoms with Gasteiger partial charge in [0, 0.05) is 24.4 Å². The average molecular weight is 457 g/mol. The summed E-state index contributed by atoms with van der Waals surface area (Å²) in [6.45, 7) is 2.19. The van der Waals surface area contributed by atoms with Crippen molar-refractivity contribution in [3.05, 3.63) is 22.3 Å². The van der Waals surface area contributed by atoms with E-state index in [2.05, 4.69) is 36.9 Å². The number of halogens is 3. The fourth-order valence-electron chi connectivity index (χ4n) is 4.42. The van der Waals surface area contributed by atoms with Crippen molar-refractivity contribution in [3.63, 3.8) is 0 Å². The Morgan fingerprint density at radius 2 is 2.11 bits per heavy atom. The second-order valence-electron chi connectivity index (χ2n) is 8.25. The molecule has 28 heavy (non-hydrogen) atoms. The maximum absolute atomic E-state index is 13.8. The normalized spacial score (nSPS) is 32.6. The Morgan fingerprint density at radius 1 is 1.32 bits per heavy atom. The van der Waals surface area contributed by atoms with Crippen LogP contribution in [0, 0.1) is 18.3 Å². The third-order valence-electron chi connectivity index (χ3n) is 6.27. The Bertz CT molecular complexity index is 821. The summed E-state index contributed by atoms with van der Waals surface area (Å²) >= 11 is 3.29. The molecule has 6 nitrogen and oxygen atoms in total. The number of nitrogens with zero attached hydrogens (tertiary/aromatic N) is 1. The summed E-state index contributed by atoms with van der Waals surface area (Å²) in [5, 5.41) is 8.84. The number of pyridine rings is 1. The van der Waals surface area contributed by atoms with Crippen molar-refractivity contribution < 1.29 is 18.4 Å². The van der Waals surface area contributed by atoms with Crippen LogP contribution in [0.5, 0.6) is 0 Å². The van der Waals surface area contributed by atoms with E-state index in [1.807, 2.05) is 13.0 Å². The molecular weight excluding hydrogens is 434 g/mol. The van der Waals surface area contributed by atoms with Gasteiger partial charge in [0.05, 0.1) is 6.04 Å². The second-order valence-corrected chi connectivity index (χ2v) is 9.07. The van der Waals surface area contributed by atoms with Gasteiger partial charge in [-0.05, 0) is 60.2 Å². The predicted molar refractivity (Wildman–Crippen MR) is 103 cm³/mol. The van der Waals surface area contributed by atoms with Crippen LogP contribution in [0.3, 0.4) is 0 Å². The minimum absolute atomic E-state index is 0.129. The number of hydrogen-bond acceptors (Lipinski definition) is 4. The first kappa shape index (κ1) is 19.7. The Hall–Kier alpha value is -1.61. The van der Waals surface area contributed by atoms with Crippen molar-refractivity contribution in [1.82, 2.24) is 15.6 Å². The van der Waals surface area contributed by atoms with Crippen molar-refractivity contribution in [3.8, 4) is 0 Å². The number of aromatic nitrogens is 1. The van der Waals surface area contributed by atoms with E-state index in [1.54, 1.807) is 6.07 Å². The summed E-state index contributed by atoms with van der Waals surface area (Å²) < 4.78 is 28.2. The van der Waals surface area contributed by atoms with Gasteiger partial charge in [0.25, 0.3) is 5.92 Å². The minimum Gasteiger partial charge on any atom is -0.355 e. The van der Waals surface area contributed by atoms with Gasteiger partial charge in [-0.3, -0.25) is 9.59 Å². The van der Waals surface area contributed by atoms with Crippen LogP contribution < -0.4 is 16.0 Å². The number of carbonyl (C=O) groups is 2. The average Bonchev–Trinajstić information content (AvgIpc) is 2.98. The number of anilines is 1. The van der Waals surface area contributed by atoms with Crippen LogP contribution in [-0.2, 0) is 9.59 Å². The molecule has 4 rings (SSSR count). The predicted octanol–water partition coefficient (Wildman–Crippen LogP) is 2.76. The van der Waals surface area contributed by atoms with Gasteiger partial charge in [-0.2, -0.15) is 0 Å². The van der Waals surface area contributed by atoms with Gasteiger partial charge in [-0.15, -0.1) is 0 Å². The summed E-state index contributed by atoms with van der Waals surface area (Å²) in [4.78, 5) is 29.1. The lowest BCUT2D eigenvalue weighted by Crippen LogP contribution is -2.41. The van der Waals surface area contributed by atoms with E-state index in [0.717, 1.165) is 12.0 Å². The number of aryl methyl sites for hydroxylation is 1. The van der Waals surface area contributed by atoms with Crippen LogP contribution >= 0.6 is 15.9 Å². The van der Waals surface area contributed by atoms with Crippen LogP contribution in [0.4, 0.5) is 14.6 Å². The highest BCUT2D eigenvalue weighted by Crippen LogP contribution is 2.54. The van der Waals surface area contributed by atoms with Gasteiger partial charge in [0.15, 0.2) is 0 Å². The SMILES string of the molecule is Cc1ccc(Br)nc1NC(=O)[C@@H]1C[C@@]2(CNC(=O)C3CCCC3(F)F)CC2N1. The zero-order valence-corrected chi connectivity index (χ0v) is 17.1. The zero-order chi connectivity index (χ0) is 20.1. The van der Waals surface area contributed by atoms with E-state index in [-0.39, 0.29) is 36.2 Å². The lowest BCUT2D eigenvalue weighted by Gasteiger charge is -2.21. The van der Waals surface area contributed by atoms with E-state index in [0.29, 0.717) is 29.8 Å². The fraction of sp³-hybridized carbons (Fsp3) is 0.632. The molecule has 2 aliphatic carbocycles. The topological polar surface area (TPSA) is 83.1 Å². The van der Waals surface area contributed by atoms with Gasteiger partial charge in [-0.1, -0.05) is 6.07 Å². The molecule has 2 saturated carbocycles. The Balaban J connectivity index is 1.32. The molecule has 1 aromatic heterocycles. The molecule has 2 heterocycles. The second kappa shape index (κ2) is 7.02. The first-order valence-corrected chi connectivity index (χ1v) is 10.4. The highest BCUT2D eigenvalue weighted by atomic mass is 79.9. The van der Waals surface area contributed by atoms with E-state index in [9.17, 15) is 18.4 Å². The number of fused-ring (bicyclic) bond motifs is 1. The van der Waals surface area contributed by atoms with Crippen LogP contribution in [0.1, 0.15) is 37.7 Å². The zero-order valence-electron chi connectivity index (χ0n) is 15.5. The summed E-state index contributed by atoms with van der Waals surface area (Å²) in [6.07, 6.45) is 1.80. The van der Waals surface area contributed by atoms with Crippen molar-refractivity contribution in [2.24, 2.45) is 11.3 Å². The van der Waals surface area contributed by atoms with Crippen molar-refractivity contribution in [2.75, 3.05) is 11.9 Å².